The molecule has 1 aromatic carbocycles. The maximum Gasteiger partial charge on any atom is 0.254 e. The normalized spacial score (nSPS) is 21.6. The van der Waals surface area contributed by atoms with Crippen LogP contribution in [0.1, 0.15) is 37.0 Å². The van der Waals surface area contributed by atoms with Crippen molar-refractivity contribution in [1.82, 2.24) is 9.62 Å². The first kappa shape index (κ1) is 17.9. The molecule has 2 rings (SSSR count). The van der Waals surface area contributed by atoms with Gasteiger partial charge < -0.3 is 9.64 Å². The van der Waals surface area contributed by atoms with Crippen molar-refractivity contribution in [3.63, 3.8) is 0 Å². The topological polar surface area (TPSA) is 75.7 Å². The molecule has 1 aliphatic rings. The summed E-state index contributed by atoms with van der Waals surface area (Å²) < 4.78 is 31.8. The number of nitrogens with one attached hydrogen (secondary N) is 1. The molecule has 23 heavy (non-hydrogen) atoms. The number of benzene rings is 1. The second-order valence-electron chi connectivity index (χ2n) is 5.91. The first-order valence-corrected chi connectivity index (χ1v) is 9.26. The molecule has 0 saturated carbocycles. The highest BCUT2D eigenvalue weighted by Gasteiger charge is 2.32. The van der Waals surface area contributed by atoms with Crippen LogP contribution in [0.3, 0.4) is 0 Å². The van der Waals surface area contributed by atoms with Crippen LogP contribution in [-0.4, -0.2) is 51.6 Å². The van der Waals surface area contributed by atoms with Crippen LogP contribution in [0, 0.1) is 0 Å². The second kappa shape index (κ2) is 7.42. The molecule has 0 aromatic heterocycles. The fourth-order valence-corrected chi connectivity index (χ4v) is 3.96. The third-order valence-electron chi connectivity index (χ3n) is 4.18. The van der Waals surface area contributed by atoms with Crippen molar-refractivity contribution in [2.45, 2.75) is 43.7 Å². The molecule has 1 amide bonds. The summed E-state index contributed by atoms with van der Waals surface area (Å²) in [5.41, 5.74) is 0.403. The van der Waals surface area contributed by atoms with E-state index in [1.807, 2.05) is 18.7 Å². The SMILES string of the molecule is COCCNS(=O)(=O)c1cccc(C(=O)N2C(C)CCC2C)c1. The molecule has 1 aliphatic heterocycles. The lowest BCUT2D eigenvalue weighted by molar-refractivity contribution is 0.0692. The molecule has 0 aliphatic carbocycles. The van der Waals surface area contributed by atoms with Gasteiger partial charge in [0.2, 0.25) is 10.0 Å². The Morgan fingerprint density at radius 3 is 2.57 bits per heavy atom. The Kier molecular flexibility index (Phi) is 5.78. The van der Waals surface area contributed by atoms with Crippen molar-refractivity contribution in [2.75, 3.05) is 20.3 Å². The van der Waals surface area contributed by atoms with Gasteiger partial charge in [0.15, 0.2) is 0 Å². The Labute approximate surface area is 137 Å². The third-order valence-corrected chi connectivity index (χ3v) is 5.63. The second-order valence-corrected chi connectivity index (χ2v) is 7.67. The predicted octanol–water partition coefficient (Wildman–Crippen LogP) is 1.62. The Hall–Kier alpha value is -1.44. The first-order chi connectivity index (χ1) is 10.9. The molecule has 1 N–H and O–H groups in total. The Morgan fingerprint density at radius 1 is 1.30 bits per heavy atom. The lowest BCUT2D eigenvalue weighted by Gasteiger charge is -2.26. The van der Waals surface area contributed by atoms with E-state index in [1.54, 1.807) is 12.1 Å². The van der Waals surface area contributed by atoms with Crippen molar-refractivity contribution >= 4 is 15.9 Å². The molecule has 0 spiro atoms. The lowest BCUT2D eigenvalue weighted by atomic mass is 10.1. The van der Waals surface area contributed by atoms with Gasteiger partial charge in [-0.15, -0.1) is 0 Å². The zero-order valence-electron chi connectivity index (χ0n) is 13.8. The number of rotatable bonds is 6. The van der Waals surface area contributed by atoms with E-state index < -0.39 is 10.0 Å². The molecule has 0 radical (unpaired) electrons. The van der Waals surface area contributed by atoms with Gasteiger partial charge in [0.05, 0.1) is 11.5 Å². The monoisotopic (exact) mass is 340 g/mol. The molecule has 2 unspecified atom stereocenters. The number of ether oxygens (including phenoxy) is 1. The van der Waals surface area contributed by atoms with Crippen molar-refractivity contribution in [1.29, 1.82) is 0 Å². The molecular formula is C16H24N2O4S. The molecule has 1 aromatic rings. The summed E-state index contributed by atoms with van der Waals surface area (Å²) in [5.74, 6) is -0.114. The number of sulfonamides is 1. The fraction of sp³-hybridized carbons (Fsp3) is 0.562. The van der Waals surface area contributed by atoms with Gasteiger partial charge in [-0.2, -0.15) is 0 Å². The highest BCUT2D eigenvalue weighted by Crippen LogP contribution is 2.26. The molecule has 2 atom stereocenters. The van der Waals surface area contributed by atoms with Crippen LogP contribution in [0.4, 0.5) is 0 Å². The summed E-state index contributed by atoms with van der Waals surface area (Å²) in [6.45, 7) is 4.53. The van der Waals surface area contributed by atoms with Crippen molar-refractivity contribution in [3.8, 4) is 0 Å². The van der Waals surface area contributed by atoms with Gasteiger partial charge >= 0.3 is 0 Å². The number of nitrogens with zero attached hydrogens (tertiary/aromatic N) is 1. The molecule has 7 heteroatoms. The summed E-state index contributed by atoms with van der Waals surface area (Å²) in [6.07, 6.45) is 1.95. The van der Waals surface area contributed by atoms with E-state index in [1.165, 1.54) is 19.2 Å². The van der Waals surface area contributed by atoms with Crippen LogP contribution in [0.2, 0.25) is 0 Å². The van der Waals surface area contributed by atoms with Crippen molar-refractivity contribution in [2.24, 2.45) is 0 Å². The van der Waals surface area contributed by atoms with Crippen LogP contribution in [0.25, 0.3) is 0 Å². The number of hydrogen-bond donors (Lipinski definition) is 1. The summed E-state index contributed by atoms with van der Waals surface area (Å²) in [4.78, 5) is 14.6. The number of carbonyl (C=O) groups excluding carboxylic acids is 1. The van der Waals surface area contributed by atoms with Crippen molar-refractivity contribution < 1.29 is 17.9 Å². The molecule has 1 fully saturated rings. The van der Waals surface area contributed by atoms with Gasteiger partial charge in [-0.3, -0.25) is 4.79 Å². The standard InChI is InChI=1S/C16H24N2O4S/c1-12-7-8-13(2)18(12)16(19)14-5-4-6-15(11-14)23(20,21)17-9-10-22-3/h4-6,11-13,17H,7-10H2,1-3H3. The van der Waals surface area contributed by atoms with E-state index in [0.717, 1.165) is 12.8 Å². The van der Waals surface area contributed by atoms with Crippen LogP contribution < -0.4 is 4.72 Å². The largest absolute Gasteiger partial charge is 0.383 e. The van der Waals surface area contributed by atoms with E-state index in [9.17, 15) is 13.2 Å². The maximum absolute atomic E-state index is 12.7. The molecule has 128 valence electrons. The minimum atomic E-state index is -3.64. The number of hydrogen-bond acceptors (Lipinski definition) is 4. The Bertz CT molecular complexity index is 650. The minimum absolute atomic E-state index is 0.0963. The quantitative estimate of drug-likeness (QED) is 0.799. The van der Waals surface area contributed by atoms with E-state index in [0.29, 0.717) is 12.2 Å². The zero-order chi connectivity index (χ0) is 17.0. The zero-order valence-corrected chi connectivity index (χ0v) is 14.6. The number of likely N-dealkylation sites (tertiary alicyclic amines) is 1. The number of methoxy groups -OCH3 is 1. The highest BCUT2D eigenvalue weighted by molar-refractivity contribution is 7.89. The van der Waals surface area contributed by atoms with Crippen LogP contribution in [0.5, 0.6) is 0 Å². The van der Waals surface area contributed by atoms with Gasteiger partial charge in [0.1, 0.15) is 0 Å². The van der Waals surface area contributed by atoms with Crippen LogP contribution in [-0.2, 0) is 14.8 Å². The summed E-state index contributed by atoms with van der Waals surface area (Å²) in [7, 11) is -2.13. The third kappa shape index (κ3) is 4.10. The van der Waals surface area contributed by atoms with Crippen molar-refractivity contribution in [3.05, 3.63) is 29.8 Å². The molecule has 1 heterocycles. The first-order valence-electron chi connectivity index (χ1n) is 7.78. The lowest BCUT2D eigenvalue weighted by Crippen LogP contribution is -2.38. The summed E-state index contributed by atoms with van der Waals surface area (Å²) in [5, 5.41) is 0. The fourth-order valence-electron chi connectivity index (χ4n) is 2.90. The van der Waals surface area contributed by atoms with Gasteiger partial charge in [-0.25, -0.2) is 13.1 Å². The average Bonchev–Trinajstić information content (AvgIpc) is 2.86. The summed E-state index contributed by atoms with van der Waals surface area (Å²) in [6, 6.07) is 6.55. The van der Waals surface area contributed by atoms with Gasteiger partial charge in [-0.1, -0.05) is 6.07 Å². The molecular weight excluding hydrogens is 316 g/mol. The molecule has 6 nitrogen and oxygen atoms in total. The Balaban J connectivity index is 2.21. The van der Waals surface area contributed by atoms with E-state index in [2.05, 4.69) is 4.72 Å². The maximum atomic E-state index is 12.7. The van der Waals surface area contributed by atoms with Gasteiger partial charge in [0.25, 0.3) is 5.91 Å². The van der Waals surface area contributed by atoms with E-state index in [4.69, 9.17) is 4.74 Å². The van der Waals surface area contributed by atoms with Crippen LogP contribution >= 0.6 is 0 Å². The highest BCUT2D eigenvalue weighted by atomic mass is 32.2. The number of amides is 1. The molecule has 1 saturated heterocycles. The van der Waals surface area contributed by atoms with E-state index in [-0.39, 0.29) is 29.4 Å². The predicted molar refractivity (Wildman–Crippen MR) is 87.8 cm³/mol. The van der Waals surface area contributed by atoms with E-state index >= 15 is 0 Å². The molecule has 0 bridgehead atoms. The number of carbonyl (C=O) groups is 1. The van der Waals surface area contributed by atoms with Crippen LogP contribution in [0.15, 0.2) is 29.2 Å². The Morgan fingerprint density at radius 2 is 1.96 bits per heavy atom. The average molecular weight is 340 g/mol. The smallest absolute Gasteiger partial charge is 0.254 e. The summed E-state index contributed by atoms with van der Waals surface area (Å²) >= 11 is 0. The minimum Gasteiger partial charge on any atom is -0.383 e. The van der Waals surface area contributed by atoms with Gasteiger partial charge in [0, 0.05) is 31.3 Å². The van der Waals surface area contributed by atoms with Gasteiger partial charge in [-0.05, 0) is 44.9 Å².